The average Bonchev–Trinajstić information content (AvgIpc) is 2.87. The van der Waals surface area contributed by atoms with Crippen LogP contribution in [-0.2, 0) is 11.3 Å². The molecule has 6 nitrogen and oxygen atoms in total. The van der Waals surface area contributed by atoms with Gasteiger partial charge in [0.25, 0.3) is 5.91 Å². The van der Waals surface area contributed by atoms with Crippen LogP contribution in [0.2, 0.25) is 0 Å². The number of carbonyl (C=O) groups is 2. The summed E-state index contributed by atoms with van der Waals surface area (Å²) in [6.07, 6.45) is 1.68. The number of esters is 1. The summed E-state index contributed by atoms with van der Waals surface area (Å²) in [6.45, 7) is 12.1. The monoisotopic (exact) mass is 370 g/mol. The lowest BCUT2D eigenvalue weighted by molar-refractivity contribution is 0.0513. The highest BCUT2D eigenvalue weighted by molar-refractivity contribution is 6.09. The molecule has 0 atom stereocenters. The highest BCUT2D eigenvalue weighted by Gasteiger charge is 2.27. The molecule has 1 aromatic carbocycles. The fraction of sp³-hybridized carbons (Fsp3) is 0.333. The molecule has 0 spiro atoms. The Labute approximate surface area is 159 Å². The van der Waals surface area contributed by atoms with Crippen LogP contribution in [0.4, 0.5) is 5.69 Å². The first-order valence-electron chi connectivity index (χ1n) is 8.97. The van der Waals surface area contributed by atoms with Crippen LogP contribution in [0.15, 0.2) is 36.9 Å². The maximum atomic E-state index is 13.0. The van der Waals surface area contributed by atoms with Crippen molar-refractivity contribution in [3.8, 4) is 5.75 Å². The molecule has 144 valence electrons. The third-order valence-corrected chi connectivity index (χ3v) is 4.21. The molecule has 1 N–H and O–H groups in total. The minimum atomic E-state index is -0.450. The molecule has 0 bridgehead atoms. The number of benzene rings is 1. The van der Waals surface area contributed by atoms with Gasteiger partial charge in [0.05, 0.1) is 24.5 Å². The first-order chi connectivity index (χ1) is 13.0. The molecule has 0 aliphatic rings. The van der Waals surface area contributed by atoms with E-state index in [0.717, 1.165) is 0 Å². The summed E-state index contributed by atoms with van der Waals surface area (Å²) in [4.78, 5) is 25.4. The van der Waals surface area contributed by atoms with Crippen molar-refractivity contribution in [2.45, 2.75) is 34.2 Å². The minimum absolute atomic E-state index is 0.264. The lowest BCUT2D eigenvalue weighted by atomic mass is 10.1. The summed E-state index contributed by atoms with van der Waals surface area (Å²) in [5, 5.41) is 2.89. The number of amides is 1. The predicted molar refractivity (Wildman–Crippen MR) is 106 cm³/mol. The van der Waals surface area contributed by atoms with Crippen LogP contribution >= 0.6 is 0 Å². The first-order valence-corrected chi connectivity index (χ1v) is 8.97. The topological polar surface area (TPSA) is 69.6 Å². The molecule has 0 aliphatic carbocycles. The largest absolute Gasteiger partial charge is 0.492 e. The van der Waals surface area contributed by atoms with Crippen molar-refractivity contribution in [2.75, 3.05) is 18.5 Å². The van der Waals surface area contributed by atoms with Crippen molar-refractivity contribution >= 4 is 17.6 Å². The number of nitrogens with zero attached hydrogens (tertiary/aromatic N) is 1. The molecule has 1 heterocycles. The molecule has 0 aliphatic heterocycles. The maximum absolute atomic E-state index is 13.0. The van der Waals surface area contributed by atoms with E-state index in [0.29, 0.717) is 47.1 Å². The number of ether oxygens (including phenoxy) is 2. The lowest BCUT2D eigenvalue weighted by Gasteiger charge is -2.12. The summed E-state index contributed by atoms with van der Waals surface area (Å²) in [7, 11) is 0. The van der Waals surface area contributed by atoms with E-state index in [4.69, 9.17) is 9.47 Å². The van der Waals surface area contributed by atoms with E-state index >= 15 is 0 Å². The molecule has 0 radical (unpaired) electrons. The third-order valence-electron chi connectivity index (χ3n) is 4.21. The highest BCUT2D eigenvalue weighted by Crippen LogP contribution is 2.28. The van der Waals surface area contributed by atoms with Gasteiger partial charge in [0.15, 0.2) is 0 Å². The van der Waals surface area contributed by atoms with E-state index in [1.54, 1.807) is 36.6 Å². The molecule has 2 rings (SSSR count). The Bertz CT molecular complexity index is 852. The van der Waals surface area contributed by atoms with Crippen LogP contribution in [0.3, 0.4) is 0 Å². The fourth-order valence-corrected chi connectivity index (χ4v) is 3.09. The van der Waals surface area contributed by atoms with Crippen LogP contribution in [0.5, 0.6) is 5.75 Å². The number of nitrogens with one attached hydrogen (secondary N) is 1. The number of para-hydroxylation sites is 2. The molecular formula is C21H26N2O4. The number of hydrogen-bond donors (Lipinski definition) is 1. The molecule has 6 heteroatoms. The highest BCUT2D eigenvalue weighted by atomic mass is 16.5. The summed E-state index contributed by atoms with van der Waals surface area (Å²) in [5.41, 5.74) is 2.67. The van der Waals surface area contributed by atoms with Crippen molar-refractivity contribution in [1.82, 2.24) is 4.57 Å². The standard InChI is InChI=1S/C21H26N2O4/c1-6-13-23-15(5)18(14(4)19(23)21(25)27-8-3)20(24)22-16-11-9-10-12-17(16)26-7-2/h6,9-12H,1,7-8,13H2,2-5H3,(H,22,24). The summed E-state index contributed by atoms with van der Waals surface area (Å²) < 4.78 is 12.5. The van der Waals surface area contributed by atoms with Crippen LogP contribution in [0.1, 0.15) is 46.0 Å². The van der Waals surface area contributed by atoms with Gasteiger partial charge >= 0.3 is 5.97 Å². The number of anilines is 1. The lowest BCUT2D eigenvalue weighted by Crippen LogP contribution is -2.15. The Hall–Kier alpha value is -3.02. The number of aromatic nitrogens is 1. The van der Waals surface area contributed by atoms with Crippen molar-refractivity contribution in [3.63, 3.8) is 0 Å². The number of rotatable bonds is 8. The molecule has 0 saturated heterocycles. The van der Waals surface area contributed by atoms with Gasteiger partial charge in [-0.3, -0.25) is 4.79 Å². The molecule has 1 amide bonds. The van der Waals surface area contributed by atoms with Crippen molar-refractivity contribution in [2.24, 2.45) is 0 Å². The van der Waals surface area contributed by atoms with Crippen LogP contribution < -0.4 is 10.1 Å². The smallest absolute Gasteiger partial charge is 0.355 e. The van der Waals surface area contributed by atoms with E-state index in [1.165, 1.54) is 0 Å². The van der Waals surface area contributed by atoms with E-state index in [2.05, 4.69) is 11.9 Å². The van der Waals surface area contributed by atoms with E-state index in [9.17, 15) is 9.59 Å². The number of hydrogen-bond acceptors (Lipinski definition) is 4. The molecule has 1 aromatic heterocycles. The Morgan fingerprint density at radius 3 is 2.52 bits per heavy atom. The summed E-state index contributed by atoms with van der Waals surface area (Å²) in [5.74, 6) is -0.154. The second-order valence-corrected chi connectivity index (χ2v) is 5.94. The zero-order valence-corrected chi connectivity index (χ0v) is 16.3. The molecule has 0 unspecified atom stereocenters. The number of allylic oxidation sites excluding steroid dienone is 1. The van der Waals surface area contributed by atoms with Gasteiger partial charge in [-0.1, -0.05) is 18.2 Å². The minimum Gasteiger partial charge on any atom is -0.492 e. The van der Waals surface area contributed by atoms with Crippen LogP contribution in [0, 0.1) is 13.8 Å². The van der Waals surface area contributed by atoms with E-state index < -0.39 is 5.97 Å². The van der Waals surface area contributed by atoms with Gasteiger partial charge in [-0.25, -0.2) is 4.79 Å². The Kier molecular flexibility index (Phi) is 6.82. The van der Waals surface area contributed by atoms with Gasteiger partial charge in [-0.05, 0) is 45.4 Å². The molecule has 2 aromatic rings. The van der Waals surface area contributed by atoms with Gasteiger partial charge in [-0.15, -0.1) is 6.58 Å². The van der Waals surface area contributed by atoms with E-state index in [1.807, 2.05) is 26.0 Å². The Morgan fingerprint density at radius 1 is 1.19 bits per heavy atom. The Balaban J connectivity index is 2.46. The van der Waals surface area contributed by atoms with Crippen molar-refractivity contribution in [3.05, 3.63) is 59.4 Å². The summed E-state index contributed by atoms with van der Waals surface area (Å²) >= 11 is 0. The van der Waals surface area contributed by atoms with Crippen LogP contribution in [0.25, 0.3) is 0 Å². The second-order valence-electron chi connectivity index (χ2n) is 5.94. The summed E-state index contributed by atoms with van der Waals surface area (Å²) in [6, 6.07) is 7.24. The maximum Gasteiger partial charge on any atom is 0.355 e. The molecule has 27 heavy (non-hydrogen) atoms. The van der Waals surface area contributed by atoms with Gasteiger partial charge in [0.2, 0.25) is 0 Å². The van der Waals surface area contributed by atoms with Gasteiger partial charge in [0.1, 0.15) is 11.4 Å². The molecule has 0 saturated carbocycles. The van der Waals surface area contributed by atoms with Crippen molar-refractivity contribution < 1.29 is 19.1 Å². The van der Waals surface area contributed by atoms with Gasteiger partial charge < -0.3 is 19.4 Å². The van der Waals surface area contributed by atoms with Gasteiger partial charge in [0, 0.05) is 12.2 Å². The van der Waals surface area contributed by atoms with Crippen LogP contribution in [-0.4, -0.2) is 29.7 Å². The molecular weight excluding hydrogens is 344 g/mol. The fourth-order valence-electron chi connectivity index (χ4n) is 3.09. The second kappa shape index (κ2) is 9.07. The first kappa shape index (κ1) is 20.3. The average molecular weight is 370 g/mol. The third kappa shape index (κ3) is 4.22. The van der Waals surface area contributed by atoms with Crippen molar-refractivity contribution in [1.29, 1.82) is 0 Å². The molecule has 0 fully saturated rings. The zero-order valence-electron chi connectivity index (χ0n) is 16.3. The Morgan fingerprint density at radius 2 is 1.89 bits per heavy atom. The van der Waals surface area contributed by atoms with E-state index in [-0.39, 0.29) is 12.5 Å². The zero-order chi connectivity index (χ0) is 20.0. The SMILES string of the molecule is C=CCn1c(C)c(C(=O)Nc2ccccc2OCC)c(C)c1C(=O)OCC. The predicted octanol–water partition coefficient (Wildman–Crippen LogP) is 4.12. The van der Waals surface area contributed by atoms with Gasteiger partial charge in [-0.2, -0.15) is 0 Å². The number of carbonyl (C=O) groups excluding carboxylic acids is 2. The quantitative estimate of drug-likeness (QED) is 0.561. The normalized spacial score (nSPS) is 10.4.